The lowest BCUT2D eigenvalue weighted by molar-refractivity contribution is 0.1000. The number of primary amides is 1. The molecule has 0 aliphatic heterocycles. The lowest BCUT2D eigenvalue weighted by Crippen LogP contribution is -2.12. The van der Waals surface area contributed by atoms with E-state index < -0.39 is 15.9 Å². The number of pyridine rings is 1. The van der Waals surface area contributed by atoms with Crippen LogP contribution in [0.2, 0.25) is 0 Å². The fourth-order valence-electron chi connectivity index (χ4n) is 3.09. The van der Waals surface area contributed by atoms with Crippen LogP contribution in [0.4, 0.5) is 0 Å². The van der Waals surface area contributed by atoms with Crippen molar-refractivity contribution in [2.75, 3.05) is 0 Å². The van der Waals surface area contributed by atoms with Crippen molar-refractivity contribution in [3.8, 4) is 11.1 Å². The maximum Gasteiger partial charge on any atom is 0.248 e. The first kappa shape index (κ1) is 19.6. The SMILES string of the molecule is NC(=O)c1cccc(Cc2cnc3ccc(-c4cncc(S(N)(=O)=O)c4)cc3n2)c1. The molecule has 30 heavy (non-hydrogen) atoms. The molecule has 0 unspecified atom stereocenters. The first-order valence-corrected chi connectivity index (χ1v) is 10.5. The standard InChI is InChI=1S/C21H17N5O3S/c22-21(27)15-3-1-2-13(6-15)7-17-11-25-19-5-4-14(9-20(19)26-17)16-8-18(12-24-10-16)30(23,28)29/h1-6,8-12H,7H2,(H2,22,27)(H2,23,28,29). The van der Waals surface area contributed by atoms with Crippen LogP contribution in [0.1, 0.15) is 21.6 Å². The van der Waals surface area contributed by atoms with Crippen molar-refractivity contribution in [1.29, 1.82) is 0 Å². The van der Waals surface area contributed by atoms with Crippen LogP contribution in [-0.4, -0.2) is 29.3 Å². The summed E-state index contributed by atoms with van der Waals surface area (Å²) in [6.07, 6.45) is 4.93. The van der Waals surface area contributed by atoms with Crippen LogP contribution >= 0.6 is 0 Å². The molecule has 0 aliphatic carbocycles. The molecule has 0 atom stereocenters. The maximum absolute atomic E-state index is 11.6. The van der Waals surface area contributed by atoms with Crippen LogP contribution in [0, 0.1) is 0 Å². The summed E-state index contributed by atoms with van der Waals surface area (Å²) in [6, 6.07) is 14.0. The second kappa shape index (κ2) is 7.62. The van der Waals surface area contributed by atoms with Gasteiger partial charge in [0, 0.05) is 36.1 Å². The van der Waals surface area contributed by atoms with E-state index in [1.807, 2.05) is 18.2 Å². The molecule has 0 spiro atoms. The third-order valence-electron chi connectivity index (χ3n) is 4.56. The number of nitrogens with two attached hydrogens (primary N) is 2. The minimum absolute atomic E-state index is 0.0609. The molecule has 150 valence electrons. The summed E-state index contributed by atoms with van der Waals surface area (Å²) in [6.45, 7) is 0. The summed E-state index contributed by atoms with van der Waals surface area (Å²) >= 11 is 0. The van der Waals surface area contributed by atoms with Crippen molar-refractivity contribution in [2.45, 2.75) is 11.3 Å². The van der Waals surface area contributed by atoms with Crippen LogP contribution < -0.4 is 10.9 Å². The van der Waals surface area contributed by atoms with Gasteiger partial charge in [-0.3, -0.25) is 14.8 Å². The molecule has 2 heterocycles. The molecule has 4 N–H and O–H groups in total. The molecule has 1 amide bonds. The van der Waals surface area contributed by atoms with E-state index in [4.69, 9.17) is 10.9 Å². The molecule has 0 saturated carbocycles. The number of sulfonamides is 1. The Balaban J connectivity index is 1.70. The minimum atomic E-state index is -3.85. The van der Waals surface area contributed by atoms with E-state index in [2.05, 4.69) is 15.0 Å². The average molecular weight is 419 g/mol. The van der Waals surface area contributed by atoms with Crippen LogP contribution in [0.5, 0.6) is 0 Å². The Kier molecular flexibility index (Phi) is 4.98. The van der Waals surface area contributed by atoms with E-state index in [-0.39, 0.29) is 4.90 Å². The summed E-state index contributed by atoms with van der Waals surface area (Å²) in [4.78, 5) is 24.4. The molecule has 8 nitrogen and oxygen atoms in total. The first-order valence-electron chi connectivity index (χ1n) is 8.92. The molecule has 2 aromatic carbocycles. The number of nitrogens with zero attached hydrogens (tertiary/aromatic N) is 3. The van der Waals surface area contributed by atoms with Gasteiger partial charge < -0.3 is 5.73 Å². The van der Waals surface area contributed by atoms with Gasteiger partial charge in [0.1, 0.15) is 4.90 Å². The van der Waals surface area contributed by atoms with E-state index >= 15 is 0 Å². The molecular weight excluding hydrogens is 402 g/mol. The van der Waals surface area contributed by atoms with Gasteiger partial charge in [0.2, 0.25) is 15.9 Å². The summed E-state index contributed by atoms with van der Waals surface area (Å²) in [5, 5.41) is 5.20. The lowest BCUT2D eigenvalue weighted by atomic mass is 10.1. The zero-order valence-corrected chi connectivity index (χ0v) is 16.5. The quantitative estimate of drug-likeness (QED) is 0.507. The molecule has 4 aromatic rings. The van der Waals surface area contributed by atoms with Gasteiger partial charge in [0.15, 0.2) is 0 Å². The largest absolute Gasteiger partial charge is 0.366 e. The molecule has 0 bridgehead atoms. The van der Waals surface area contributed by atoms with Crippen molar-refractivity contribution < 1.29 is 13.2 Å². The van der Waals surface area contributed by atoms with Crippen molar-refractivity contribution in [3.63, 3.8) is 0 Å². The second-order valence-corrected chi connectivity index (χ2v) is 8.32. The Morgan fingerprint density at radius 3 is 2.53 bits per heavy atom. The second-order valence-electron chi connectivity index (χ2n) is 6.76. The Bertz CT molecular complexity index is 1390. The van der Waals surface area contributed by atoms with Crippen LogP contribution in [0.15, 0.2) is 72.0 Å². The Morgan fingerprint density at radius 1 is 0.933 bits per heavy atom. The molecule has 0 radical (unpaired) electrons. The summed E-state index contributed by atoms with van der Waals surface area (Å²) < 4.78 is 23.2. The number of aromatic nitrogens is 3. The number of amides is 1. The van der Waals surface area contributed by atoms with Gasteiger partial charge >= 0.3 is 0 Å². The maximum atomic E-state index is 11.6. The topological polar surface area (TPSA) is 142 Å². The molecule has 2 aromatic heterocycles. The third kappa shape index (κ3) is 4.17. The highest BCUT2D eigenvalue weighted by Gasteiger charge is 2.11. The van der Waals surface area contributed by atoms with Gasteiger partial charge in [-0.15, -0.1) is 0 Å². The monoisotopic (exact) mass is 419 g/mol. The predicted molar refractivity (Wildman–Crippen MR) is 112 cm³/mol. The predicted octanol–water partition coefficient (Wildman–Crippen LogP) is 2.03. The number of fused-ring (bicyclic) bond motifs is 1. The van der Waals surface area contributed by atoms with Crippen molar-refractivity contribution >= 4 is 27.0 Å². The zero-order chi connectivity index (χ0) is 21.3. The molecule has 4 rings (SSSR count). The number of primary sulfonamides is 1. The Labute approximate surface area is 172 Å². The van der Waals surface area contributed by atoms with E-state index in [0.717, 1.165) is 16.8 Å². The molecule has 0 aliphatic rings. The van der Waals surface area contributed by atoms with Crippen molar-refractivity contribution in [2.24, 2.45) is 10.9 Å². The van der Waals surface area contributed by atoms with Crippen LogP contribution in [-0.2, 0) is 16.4 Å². The zero-order valence-electron chi connectivity index (χ0n) is 15.7. The number of carbonyl (C=O) groups excluding carboxylic acids is 1. The fourth-order valence-corrected chi connectivity index (χ4v) is 3.59. The highest BCUT2D eigenvalue weighted by molar-refractivity contribution is 7.89. The van der Waals surface area contributed by atoms with E-state index in [1.165, 1.54) is 12.3 Å². The number of benzene rings is 2. The minimum Gasteiger partial charge on any atom is -0.366 e. The van der Waals surface area contributed by atoms with Gasteiger partial charge in [0.25, 0.3) is 0 Å². The summed E-state index contributed by atoms with van der Waals surface area (Å²) in [7, 11) is -3.85. The molecular formula is C21H17N5O3S. The smallest absolute Gasteiger partial charge is 0.248 e. The molecule has 9 heteroatoms. The van der Waals surface area contributed by atoms with Crippen molar-refractivity contribution in [1.82, 2.24) is 15.0 Å². The summed E-state index contributed by atoms with van der Waals surface area (Å²) in [5.74, 6) is -0.485. The van der Waals surface area contributed by atoms with Crippen molar-refractivity contribution in [3.05, 3.63) is 83.9 Å². The highest BCUT2D eigenvalue weighted by atomic mass is 32.2. The summed E-state index contributed by atoms with van der Waals surface area (Å²) in [5.41, 5.74) is 10.1. The lowest BCUT2D eigenvalue weighted by Gasteiger charge is -2.07. The van der Waals surface area contributed by atoms with Gasteiger partial charge in [-0.25, -0.2) is 18.5 Å². The molecule has 0 saturated heterocycles. The number of hydrogen-bond acceptors (Lipinski definition) is 6. The van der Waals surface area contributed by atoms with Gasteiger partial charge in [-0.05, 0) is 41.5 Å². The van der Waals surface area contributed by atoms with Crippen LogP contribution in [0.3, 0.4) is 0 Å². The third-order valence-corrected chi connectivity index (χ3v) is 5.44. The normalized spacial score (nSPS) is 11.5. The van der Waals surface area contributed by atoms with E-state index in [0.29, 0.717) is 28.6 Å². The van der Waals surface area contributed by atoms with Gasteiger partial charge in [-0.1, -0.05) is 18.2 Å². The average Bonchev–Trinajstić information content (AvgIpc) is 2.73. The Morgan fingerprint density at radius 2 is 1.77 bits per heavy atom. The number of carbonyl (C=O) groups is 1. The molecule has 0 fully saturated rings. The number of rotatable bonds is 5. The van der Waals surface area contributed by atoms with Gasteiger partial charge in [-0.2, -0.15) is 0 Å². The fraction of sp³-hybridized carbons (Fsp3) is 0.0476. The van der Waals surface area contributed by atoms with Crippen LogP contribution in [0.25, 0.3) is 22.2 Å². The first-order chi connectivity index (χ1) is 14.3. The van der Waals surface area contributed by atoms with Gasteiger partial charge in [0.05, 0.1) is 16.7 Å². The number of hydrogen-bond donors (Lipinski definition) is 2. The Hall–Kier alpha value is -3.69. The van der Waals surface area contributed by atoms with E-state index in [1.54, 1.807) is 36.7 Å². The van der Waals surface area contributed by atoms with E-state index in [9.17, 15) is 13.2 Å². The highest BCUT2D eigenvalue weighted by Crippen LogP contribution is 2.24.